The molecule has 0 spiro atoms. The number of hydrogen-bond acceptors (Lipinski definition) is 2. The number of amidine groups is 1. The number of rotatable bonds is 3. The molecule has 1 aromatic carbocycles. The second-order valence-electron chi connectivity index (χ2n) is 3.45. The molecule has 84 valence electrons. The fraction of sp³-hybridized carbons (Fsp3) is 0.0769. The molecule has 0 radical (unpaired) electrons. The molecule has 0 fully saturated rings. The van der Waals surface area contributed by atoms with Crippen LogP contribution in [0.3, 0.4) is 0 Å². The van der Waals surface area contributed by atoms with Gasteiger partial charge in [0.25, 0.3) is 0 Å². The first kappa shape index (κ1) is 11.0. The summed E-state index contributed by atoms with van der Waals surface area (Å²) in [6.45, 7) is 0. The van der Waals surface area contributed by atoms with Crippen molar-refractivity contribution in [2.75, 3.05) is 0 Å². The molecule has 2 rings (SSSR count). The van der Waals surface area contributed by atoms with Gasteiger partial charge in [0.2, 0.25) is 0 Å². The van der Waals surface area contributed by atoms with Gasteiger partial charge < -0.3 is 5.32 Å². The monoisotopic (exact) mass is 226 g/mol. The van der Waals surface area contributed by atoms with E-state index in [1.54, 1.807) is 6.08 Å². The highest BCUT2D eigenvalue weighted by Crippen LogP contribution is 2.00. The van der Waals surface area contributed by atoms with Crippen molar-refractivity contribution in [3.05, 3.63) is 47.7 Å². The van der Waals surface area contributed by atoms with Gasteiger partial charge >= 0.3 is 11.8 Å². The van der Waals surface area contributed by atoms with Crippen LogP contribution in [0, 0.1) is 0 Å². The third-order valence-electron chi connectivity index (χ3n) is 2.15. The van der Waals surface area contributed by atoms with Gasteiger partial charge in [0.1, 0.15) is 5.84 Å². The van der Waals surface area contributed by atoms with Crippen LogP contribution in [-0.2, 0) is 9.59 Å². The molecule has 1 N–H and O–H groups in total. The van der Waals surface area contributed by atoms with Crippen molar-refractivity contribution in [1.82, 2.24) is 5.32 Å². The van der Waals surface area contributed by atoms with Gasteiger partial charge in [-0.3, -0.25) is 9.59 Å². The lowest BCUT2D eigenvalue weighted by molar-refractivity contribution is -0.135. The fourth-order valence-electron chi connectivity index (χ4n) is 1.34. The van der Waals surface area contributed by atoms with E-state index in [1.807, 2.05) is 36.4 Å². The van der Waals surface area contributed by atoms with Crippen molar-refractivity contribution in [2.24, 2.45) is 4.99 Å². The molecule has 4 heteroatoms. The number of aliphatic imine (C=N–C) groups is 1. The van der Waals surface area contributed by atoms with E-state index in [2.05, 4.69) is 16.0 Å². The third kappa shape index (κ3) is 3.00. The largest absolute Gasteiger partial charge is 0.337 e. The summed E-state index contributed by atoms with van der Waals surface area (Å²) in [4.78, 5) is 25.2. The van der Waals surface area contributed by atoms with Crippen molar-refractivity contribution < 1.29 is 9.59 Å². The first-order chi connectivity index (χ1) is 8.25. The van der Waals surface area contributed by atoms with Gasteiger partial charge in [-0.25, -0.2) is 0 Å². The first-order valence-corrected chi connectivity index (χ1v) is 5.14. The number of nitrogens with zero attached hydrogens (tertiary/aromatic N) is 1. The van der Waals surface area contributed by atoms with Gasteiger partial charge in [-0.15, -0.1) is 5.73 Å². The van der Waals surface area contributed by atoms with Crippen LogP contribution in [-0.4, -0.2) is 17.6 Å². The van der Waals surface area contributed by atoms with Crippen LogP contribution in [0.2, 0.25) is 0 Å². The Morgan fingerprint density at radius 1 is 1.24 bits per heavy atom. The van der Waals surface area contributed by atoms with E-state index in [9.17, 15) is 9.59 Å². The Hall–Kier alpha value is -2.45. The number of carbonyl (C=O) groups excluding carboxylic acids is 2. The standard InChI is InChI=1S/C13H10N2O2/c16-12-13(17)15-11(14-12)9-5-4-8-10-6-2-1-3-7-10/h1-3,5-8H,9H2,(H,14,15,16,17). The van der Waals surface area contributed by atoms with E-state index in [4.69, 9.17) is 0 Å². The lowest BCUT2D eigenvalue weighted by Crippen LogP contribution is -2.25. The summed E-state index contributed by atoms with van der Waals surface area (Å²) in [5, 5.41) is 2.38. The summed E-state index contributed by atoms with van der Waals surface area (Å²) in [6.07, 6.45) is 3.92. The maximum Gasteiger partial charge on any atom is 0.337 e. The van der Waals surface area contributed by atoms with Gasteiger partial charge in [0.05, 0.1) is 0 Å². The molecule has 2 amide bonds. The van der Waals surface area contributed by atoms with E-state index in [-0.39, 0.29) is 0 Å². The molecule has 0 atom stereocenters. The summed E-state index contributed by atoms with van der Waals surface area (Å²) >= 11 is 0. The zero-order valence-electron chi connectivity index (χ0n) is 9.01. The van der Waals surface area contributed by atoms with Gasteiger partial charge in [-0.2, -0.15) is 4.99 Å². The van der Waals surface area contributed by atoms with E-state index in [0.29, 0.717) is 12.3 Å². The van der Waals surface area contributed by atoms with Crippen LogP contribution >= 0.6 is 0 Å². The predicted octanol–water partition coefficient (Wildman–Crippen LogP) is 1.30. The Labute approximate surface area is 98.4 Å². The normalized spacial score (nSPS) is 13.8. The second kappa shape index (κ2) is 5.05. The van der Waals surface area contributed by atoms with Crippen LogP contribution in [0.4, 0.5) is 0 Å². The molecular weight excluding hydrogens is 216 g/mol. The van der Waals surface area contributed by atoms with Gasteiger partial charge in [0.15, 0.2) is 0 Å². The molecule has 1 aliphatic heterocycles. The van der Waals surface area contributed by atoms with Gasteiger partial charge in [-0.05, 0) is 17.7 Å². The molecule has 17 heavy (non-hydrogen) atoms. The summed E-state index contributed by atoms with van der Waals surface area (Å²) < 4.78 is 0. The SMILES string of the molecule is O=C1N=C(CC=C=Cc2ccccc2)NC1=O. The Morgan fingerprint density at radius 2 is 2.00 bits per heavy atom. The average Bonchev–Trinajstić information content (AvgIpc) is 2.66. The molecule has 0 unspecified atom stereocenters. The van der Waals surface area contributed by atoms with Crippen LogP contribution in [0.15, 0.2) is 47.1 Å². The molecule has 1 heterocycles. The number of benzene rings is 1. The number of nitrogens with one attached hydrogen (secondary N) is 1. The van der Waals surface area contributed by atoms with Crippen molar-refractivity contribution >= 4 is 23.7 Å². The highest BCUT2D eigenvalue weighted by Gasteiger charge is 2.21. The van der Waals surface area contributed by atoms with Crippen LogP contribution in [0.5, 0.6) is 0 Å². The molecule has 0 aromatic heterocycles. The second-order valence-corrected chi connectivity index (χ2v) is 3.45. The summed E-state index contributed by atoms with van der Waals surface area (Å²) in [7, 11) is 0. The van der Waals surface area contributed by atoms with E-state index in [1.165, 1.54) is 0 Å². The molecule has 1 aromatic rings. The van der Waals surface area contributed by atoms with Crippen LogP contribution in [0.25, 0.3) is 6.08 Å². The van der Waals surface area contributed by atoms with Crippen LogP contribution < -0.4 is 5.32 Å². The molecular formula is C13H10N2O2. The quantitative estimate of drug-likeness (QED) is 0.623. The molecule has 0 aliphatic carbocycles. The minimum Gasteiger partial charge on any atom is -0.305 e. The average molecular weight is 226 g/mol. The minimum absolute atomic E-state index is 0.369. The lowest BCUT2D eigenvalue weighted by atomic mass is 10.2. The smallest absolute Gasteiger partial charge is 0.305 e. The number of amides is 2. The topological polar surface area (TPSA) is 58.5 Å². The van der Waals surface area contributed by atoms with E-state index >= 15 is 0 Å². The Balaban J connectivity index is 1.95. The molecule has 1 aliphatic rings. The summed E-state index contributed by atoms with van der Waals surface area (Å²) in [5.41, 5.74) is 4.00. The molecule has 4 nitrogen and oxygen atoms in total. The predicted molar refractivity (Wildman–Crippen MR) is 64.2 cm³/mol. The minimum atomic E-state index is -0.736. The zero-order valence-corrected chi connectivity index (χ0v) is 9.01. The lowest BCUT2D eigenvalue weighted by Gasteiger charge is -1.91. The van der Waals surface area contributed by atoms with E-state index in [0.717, 1.165) is 5.56 Å². The summed E-state index contributed by atoms with van der Waals surface area (Å²) in [6, 6.07) is 9.73. The molecule has 0 saturated heterocycles. The first-order valence-electron chi connectivity index (χ1n) is 5.14. The number of carbonyl (C=O) groups is 2. The van der Waals surface area contributed by atoms with Crippen LogP contribution in [0.1, 0.15) is 12.0 Å². The van der Waals surface area contributed by atoms with Crippen molar-refractivity contribution in [2.45, 2.75) is 6.42 Å². The zero-order chi connectivity index (χ0) is 12.1. The molecule has 0 bridgehead atoms. The third-order valence-corrected chi connectivity index (χ3v) is 2.15. The Kier molecular flexibility index (Phi) is 3.28. The highest BCUT2D eigenvalue weighted by atomic mass is 16.2. The fourth-order valence-corrected chi connectivity index (χ4v) is 1.34. The Morgan fingerprint density at radius 3 is 2.65 bits per heavy atom. The van der Waals surface area contributed by atoms with Crippen molar-refractivity contribution in [3.63, 3.8) is 0 Å². The van der Waals surface area contributed by atoms with Crippen molar-refractivity contribution in [1.29, 1.82) is 0 Å². The van der Waals surface area contributed by atoms with Gasteiger partial charge in [-0.1, -0.05) is 30.3 Å². The maximum absolute atomic E-state index is 10.8. The van der Waals surface area contributed by atoms with Gasteiger partial charge in [0, 0.05) is 6.42 Å². The Bertz CT molecular complexity index is 538. The molecule has 0 saturated carbocycles. The highest BCUT2D eigenvalue weighted by molar-refractivity contribution is 6.44. The van der Waals surface area contributed by atoms with Crippen molar-refractivity contribution in [3.8, 4) is 0 Å². The van der Waals surface area contributed by atoms with E-state index < -0.39 is 11.8 Å². The maximum atomic E-state index is 10.8. The number of hydrogen-bond donors (Lipinski definition) is 1. The summed E-state index contributed by atoms with van der Waals surface area (Å²) in [5.74, 6) is -1.03.